The number of rotatable bonds is 8. The number of esters is 1. The van der Waals surface area contributed by atoms with Crippen molar-refractivity contribution in [3.05, 3.63) is 53.5 Å². The van der Waals surface area contributed by atoms with Crippen molar-refractivity contribution in [1.29, 1.82) is 0 Å². The highest BCUT2D eigenvalue weighted by Crippen LogP contribution is 2.67. The molecule has 1 spiro atoms. The van der Waals surface area contributed by atoms with E-state index in [0.717, 1.165) is 11.3 Å². The molecule has 3 heterocycles. The second-order valence-electron chi connectivity index (χ2n) is 12.4. The predicted octanol–water partition coefficient (Wildman–Crippen LogP) is 4.39. The maximum Gasteiger partial charge on any atom is 0.411 e. The van der Waals surface area contributed by atoms with E-state index in [1.165, 1.54) is 6.92 Å². The van der Waals surface area contributed by atoms with E-state index in [2.05, 4.69) is 0 Å². The fourth-order valence-corrected chi connectivity index (χ4v) is 8.56. The first-order chi connectivity index (χ1) is 19.4. The van der Waals surface area contributed by atoms with Crippen molar-refractivity contribution in [2.24, 2.45) is 5.41 Å². The van der Waals surface area contributed by atoms with Gasteiger partial charge in [-0.25, -0.2) is 13.2 Å². The highest BCUT2D eigenvalue weighted by Gasteiger charge is 2.67. The van der Waals surface area contributed by atoms with E-state index in [1.807, 2.05) is 26.8 Å². The van der Waals surface area contributed by atoms with Crippen molar-refractivity contribution < 1.29 is 37.0 Å². The summed E-state index contributed by atoms with van der Waals surface area (Å²) in [7, 11) is -3.76. The average molecular weight is 589 g/mol. The maximum atomic E-state index is 13.8. The number of sulfonamides is 1. The molecule has 10 nitrogen and oxygen atoms in total. The van der Waals surface area contributed by atoms with Crippen molar-refractivity contribution in [3.8, 4) is 0 Å². The average Bonchev–Trinajstić information content (AvgIpc) is 3.51. The molecule has 0 unspecified atom stereocenters. The zero-order valence-electron chi connectivity index (χ0n) is 24.2. The summed E-state index contributed by atoms with van der Waals surface area (Å²) in [5.74, 6) is 1.06. The Labute approximate surface area is 241 Å². The van der Waals surface area contributed by atoms with Crippen molar-refractivity contribution >= 4 is 22.1 Å². The number of fused-ring (bicyclic) bond motifs is 3. The maximum absolute atomic E-state index is 13.8. The number of aryl methyl sites for hydroxylation is 1. The van der Waals surface area contributed by atoms with Gasteiger partial charge in [-0.3, -0.25) is 9.69 Å². The Morgan fingerprint density at radius 2 is 1.93 bits per heavy atom. The van der Waals surface area contributed by atoms with Crippen molar-refractivity contribution in [3.63, 3.8) is 0 Å². The van der Waals surface area contributed by atoms with Crippen LogP contribution in [-0.2, 0) is 30.7 Å². The molecule has 2 fully saturated rings. The van der Waals surface area contributed by atoms with Gasteiger partial charge in [0.1, 0.15) is 23.2 Å². The fourth-order valence-electron chi connectivity index (χ4n) is 7.00. The summed E-state index contributed by atoms with van der Waals surface area (Å²) >= 11 is 0. The number of benzene rings is 1. The molecule has 2 saturated heterocycles. The van der Waals surface area contributed by atoms with Crippen LogP contribution in [0.5, 0.6) is 0 Å². The normalized spacial score (nSPS) is 25.9. The topological polar surface area (TPSA) is 127 Å². The second kappa shape index (κ2) is 11.1. The van der Waals surface area contributed by atoms with Crippen molar-refractivity contribution in [2.45, 2.75) is 88.3 Å². The molecule has 2 aliphatic heterocycles. The standard InChI is InChI=1S/C30H40N2O8S/c1-20(34)38-16-8-9-22-17-24-25-12-14-31(41(36,37)23-10-6-5-7-11-23)19-30(25)18-21(13-15-33)32(27(30)26(24)39-22)28(35)40-29(2,3)4/h5-7,10-11,17,21,25,27,33H,8-9,12-16,18-19H2,1-4H3/t21-,25-,27-,30-/m1/s1. The van der Waals surface area contributed by atoms with Gasteiger partial charge in [-0.1, -0.05) is 18.2 Å². The number of piperidine rings is 1. The van der Waals surface area contributed by atoms with E-state index in [-0.39, 0.29) is 42.6 Å². The number of carbonyl (C=O) groups is 2. The number of ether oxygens (including phenoxy) is 2. The number of aliphatic hydroxyl groups is 1. The number of furan rings is 1. The molecule has 5 rings (SSSR count). The molecule has 4 atom stereocenters. The summed E-state index contributed by atoms with van der Waals surface area (Å²) in [4.78, 5) is 26.9. The number of hydrogen-bond acceptors (Lipinski definition) is 8. The lowest BCUT2D eigenvalue weighted by Crippen LogP contribution is -2.50. The first-order valence-electron chi connectivity index (χ1n) is 14.3. The highest BCUT2D eigenvalue weighted by molar-refractivity contribution is 7.89. The Hall–Kier alpha value is -2.89. The lowest BCUT2D eigenvalue weighted by molar-refractivity contribution is -0.141. The summed E-state index contributed by atoms with van der Waals surface area (Å²) in [5, 5.41) is 9.96. The minimum Gasteiger partial charge on any atom is -0.466 e. The molecule has 3 aliphatic rings. The Kier molecular flexibility index (Phi) is 7.99. The number of amides is 1. The highest BCUT2D eigenvalue weighted by atomic mass is 32.2. The number of nitrogens with zero attached hydrogens (tertiary/aromatic N) is 2. The Morgan fingerprint density at radius 3 is 2.59 bits per heavy atom. The van der Waals surface area contributed by atoms with Crippen LogP contribution in [0.4, 0.5) is 4.79 Å². The molecule has 1 aliphatic carbocycles. The Morgan fingerprint density at radius 1 is 1.20 bits per heavy atom. The second-order valence-corrected chi connectivity index (χ2v) is 14.3. The smallest absolute Gasteiger partial charge is 0.411 e. The van der Waals surface area contributed by atoms with Gasteiger partial charge >= 0.3 is 12.1 Å². The molecular weight excluding hydrogens is 548 g/mol. The van der Waals surface area contributed by atoms with E-state index in [1.54, 1.807) is 39.5 Å². The lowest BCUT2D eigenvalue weighted by Gasteiger charge is -2.44. The molecule has 1 aromatic carbocycles. The van der Waals surface area contributed by atoms with Gasteiger partial charge in [-0.05, 0) is 76.1 Å². The summed E-state index contributed by atoms with van der Waals surface area (Å²) in [6.07, 6.45) is 2.11. The van der Waals surface area contributed by atoms with E-state index < -0.39 is 33.2 Å². The van der Waals surface area contributed by atoms with Gasteiger partial charge in [0.05, 0.1) is 11.5 Å². The minimum atomic E-state index is -3.76. The lowest BCUT2D eigenvalue weighted by atomic mass is 9.69. The van der Waals surface area contributed by atoms with Gasteiger partial charge < -0.3 is 19.0 Å². The minimum absolute atomic E-state index is 0.0238. The molecule has 1 aromatic heterocycles. The third-order valence-electron chi connectivity index (χ3n) is 8.45. The van der Waals surface area contributed by atoms with Crippen LogP contribution in [0.25, 0.3) is 0 Å². The van der Waals surface area contributed by atoms with Crippen LogP contribution in [0, 0.1) is 5.41 Å². The third-order valence-corrected chi connectivity index (χ3v) is 10.3. The first-order valence-corrected chi connectivity index (χ1v) is 15.7. The molecule has 1 amide bonds. The van der Waals surface area contributed by atoms with Gasteiger partial charge in [-0.15, -0.1) is 0 Å². The van der Waals surface area contributed by atoms with Crippen LogP contribution in [0.3, 0.4) is 0 Å². The van der Waals surface area contributed by atoms with E-state index in [9.17, 15) is 23.1 Å². The van der Waals surface area contributed by atoms with Crippen LogP contribution in [0.1, 0.15) is 82.4 Å². The fraction of sp³-hybridized carbons (Fsp3) is 0.600. The molecule has 11 heteroatoms. The predicted molar refractivity (Wildman–Crippen MR) is 150 cm³/mol. The number of likely N-dealkylation sites (tertiary alicyclic amines) is 1. The zero-order valence-corrected chi connectivity index (χ0v) is 25.0. The summed E-state index contributed by atoms with van der Waals surface area (Å²) in [6, 6.07) is 9.58. The molecular formula is C30H40N2O8S. The molecule has 0 saturated carbocycles. The molecule has 0 radical (unpaired) electrons. The van der Waals surface area contributed by atoms with Crippen LogP contribution in [-0.4, -0.2) is 72.7 Å². The number of aliphatic hydroxyl groups excluding tert-OH is 1. The monoisotopic (exact) mass is 588 g/mol. The number of carbonyl (C=O) groups excluding carboxylic acids is 2. The van der Waals surface area contributed by atoms with Crippen molar-refractivity contribution in [2.75, 3.05) is 26.3 Å². The quantitative estimate of drug-likeness (QED) is 0.356. The van der Waals surface area contributed by atoms with Crippen LogP contribution < -0.4 is 0 Å². The summed E-state index contributed by atoms with van der Waals surface area (Å²) in [6.45, 7) is 7.55. The summed E-state index contributed by atoms with van der Waals surface area (Å²) in [5.41, 5.74) is -0.357. The zero-order chi connectivity index (χ0) is 29.6. The van der Waals surface area contributed by atoms with Gasteiger partial charge in [-0.2, -0.15) is 4.31 Å². The molecule has 2 aromatic rings. The van der Waals surface area contributed by atoms with Crippen LogP contribution in [0.2, 0.25) is 0 Å². The molecule has 41 heavy (non-hydrogen) atoms. The first kappa shape index (κ1) is 29.6. The molecule has 0 bridgehead atoms. The van der Waals surface area contributed by atoms with E-state index in [0.29, 0.717) is 44.4 Å². The molecule has 1 N–H and O–H groups in total. The van der Waals surface area contributed by atoms with Gasteiger partial charge in [0.2, 0.25) is 10.0 Å². The summed E-state index contributed by atoms with van der Waals surface area (Å²) < 4.78 is 46.4. The van der Waals surface area contributed by atoms with Crippen LogP contribution in [0.15, 0.2) is 45.7 Å². The van der Waals surface area contributed by atoms with Gasteiger partial charge in [0.25, 0.3) is 0 Å². The van der Waals surface area contributed by atoms with E-state index >= 15 is 0 Å². The largest absolute Gasteiger partial charge is 0.466 e. The van der Waals surface area contributed by atoms with Gasteiger partial charge in [0.15, 0.2) is 0 Å². The van der Waals surface area contributed by atoms with E-state index in [4.69, 9.17) is 13.9 Å². The number of hydrogen-bond donors (Lipinski definition) is 1. The SMILES string of the molecule is CC(=O)OCCCc1cc2c(o1)[C@H]1N(C(=O)OC(C)(C)C)[C@H](CCO)C[C@]13CN(S(=O)(=O)c1ccccc1)CC[C@H]23. The van der Waals surface area contributed by atoms with Crippen LogP contribution >= 0.6 is 0 Å². The van der Waals surface area contributed by atoms with Crippen molar-refractivity contribution in [1.82, 2.24) is 9.21 Å². The molecule has 224 valence electrons. The third kappa shape index (κ3) is 5.51. The Balaban J connectivity index is 1.53. The van der Waals surface area contributed by atoms with Gasteiger partial charge in [0, 0.05) is 44.5 Å². The Bertz CT molecular complexity index is 1380.